The molecule has 26 heavy (non-hydrogen) atoms. The van der Waals surface area contributed by atoms with Crippen LogP contribution in [0.4, 0.5) is 10.5 Å². The average Bonchev–Trinajstić information content (AvgIpc) is 3.07. The second-order valence-corrected chi connectivity index (χ2v) is 6.79. The number of nitrogens with zero attached hydrogens (tertiary/aromatic N) is 1. The van der Waals surface area contributed by atoms with Gasteiger partial charge in [-0.1, -0.05) is 39.7 Å². The molecule has 1 aromatic heterocycles. The number of rotatable bonds is 4. The molecule has 2 aromatic carbocycles. The summed E-state index contributed by atoms with van der Waals surface area (Å²) in [6, 6.07) is 16.0. The van der Waals surface area contributed by atoms with Crippen molar-refractivity contribution in [2.45, 2.75) is 6.92 Å². The SMILES string of the molecule is Cc1cc(NC(=O)N/N=C/c2ccc(-c3cccc(Cl)c3)o2)ccc1Br. The third kappa shape index (κ3) is 4.74. The highest BCUT2D eigenvalue weighted by Gasteiger charge is 2.05. The monoisotopic (exact) mass is 431 g/mol. The number of benzene rings is 2. The molecule has 0 spiro atoms. The van der Waals surface area contributed by atoms with Crippen molar-refractivity contribution in [3.63, 3.8) is 0 Å². The summed E-state index contributed by atoms with van der Waals surface area (Å²) in [6.07, 6.45) is 1.43. The van der Waals surface area contributed by atoms with Gasteiger partial charge >= 0.3 is 6.03 Å². The summed E-state index contributed by atoms with van der Waals surface area (Å²) in [5, 5.41) is 7.22. The maximum absolute atomic E-state index is 11.9. The molecule has 3 aromatic rings. The van der Waals surface area contributed by atoms with Crippen LogP contribution in [0.5, 0.6) is 0 Å². The van der Waals surface area contributed by atoms with Crippen molar-refractivity contribution in [3.05, 3.63) is 75.4 Å². The van der Waals surface area contributed by atoms with Crippen LogP contribution in [0, 0.1) is 6.92 Å². The van der Waals surface area contributed by atoms with Gasteiger partial charge in [0, 0.05) is 20.7 Å². The fraction of sp³-hybridized carbons (Fsp3) is 0.0526. The molecule has 0 aliphatic carbocycles. The maximum atomic E-state index is 11.9. The second-order valence-electron chi connectivity index (χ2n) is 5.50. The molecular weight excluding hydrogens is 418 g/mol. The number of hydrazone groups is 1. The summed E-state index contributed by atoms with van der Waals surface area (Å²) in [7, 11) is 0. The van der Waals surface area contributed by atoms with Crippen molar-refractivity contribution >= 4 is 45.5 Å². The van der Waals surface area contributed by atoms with E-state index < -0.39 is 6.03 Å². The van der Waals surface area contributed by atoms with Gasteiger partial charge in [-0.3, -0.25) is 0 Å². The van der Waals surface area contributed by atoms with Crippen LogP contribution >= 0.6 is 27.5 Å². The van der Waals surface area contributed by atoms with Gasteiger partial charge in [-0.05, 0) is 55.0 Å². The zero-order valence-electron chi connectivity index (χ0n) is 13.8. The number of amides is 2. The number of urea groups is 1. The molecular formula is C19H15BrClN3O2. The molecule has 0 saturated heterocycles. The maximum Gasteiger partial charge on any atom is 0.339 e. The fourth-order valence-electron chi connectivity index (χ4n) is 2.26. The number of carbonyl (C=O) groups is 1. The Kier molecular flexibility index (Phi) is 5.75. The molecule has 0 bridgehead atoms. The molecule has 7 heteroatoms. The van der Waals surface area contributed by atoms with E-state index in [9.17, 15) is 4.79 Å². The zero-order valence-corrected chi connectivity index (χ0v) is 16.1. The van der Waals surface area contributed by atoms with Crippen molar-refractivity contribution in [2.75, 3.05) is 5.32 Å². The molecule has 3 rings (SSSR count). The van der Waals surface area contributed by atoms with Gasteiger partial charge in [0.1, 0.15) is 11.5 Å². The number of hydrogen-bond donors (Lipinski definition) is 2. The molecule has 0 unspecified atom stereocenters. The van der Waals surface area contributed by atoms with E-state index in [4.69, 9.17) is 16.0 Å². The minimum atomic E-state index is -0.440. The summed E-state index contributed by atoms with van der Waals surface area (Å²) in [5.41, 5.74) is 4.97. The number of furan rings is 1. The molecule has 2 amide bonds. The van der Waals surface area contributed by atoms with Crippen LogP contribution in [0.3, 0.4) is 0 Å². The van der Waals surface area contributed by atoms with Crippen molar-refractivity contribution in [1.82, 2.24) is 5.43 Å². The smallest absolute Gasteiger partial charge is 0.339 e. The van der Waals surface area contributed by atoms with E-state index in [2.05, 4.69) is 31.8 Å². The van der Waals surface area contributed by atoms with Gasteiger partial charge in [-0.15, -0.1) is 0 Å². The van der Waals surface area contributed by atoms with Gasteiger partial charge in [0.25, 0.3) is 0 Å². The number of hydrogen-bond acceptors (Lipinski definition) is 3. The van der Waals surface area contributed by atoms with Crippen molar-refractivity contribution in [3.8, 4) is 11.3 Å². The lowest BCUT2D eigenvalue weighted by molar-refractivity contribution is 0.252. The Hall–Kier alpha value is -2.57. The minimum absolute atomic E-state index is 0.440. The van der Waals surface area contributed by atoms with E-state index >= 15 is 0 Å². The first-order chi connectivity index (χ1) is 12.5. The lowest BCUT2D eigenvalue weighted by Gasteiger charge is -2.05. The Morgan fingerprint density at radius 3 is 2.81 bits per heavy atom. The fourth-order valence-corrected chi connectivity index (χ4v) is 2.69. The van der Waals surface area contributed by atoms with Gasteiger partial charge in [0.05, 0.1) is 6.21 Å². The van der Waals surface area contributed by atoms with Gasteiger partial charge in [-0.2, -0.15) is 5.10 Å². The lowest BCUT2D eigenvalue weighted by Crippen LogP contribution is -2.24. The predicted octanol–water partition coefficient (Wildman–Crippen LogP) is 5.83. The summed E-state index contributed by atoms with van der Waals surface area (Å²) >= 11 is 9.40. The highest BCUT2D eigenvalue weighted by atomic mass is 79.9. The topological polar surface area (TPSA) is 66.6 Å². The Morgan fingerprint density at radius 2 is 2.04 bits per heavy atom. The molecule has 132 valence electrons. The van der Waals surface area contributed by atoms with E-state index in [1.165, 1.54) is 6.21 Å². The highest BCUT2D eigenvalue weighted by Crippen LogP contribution is 2.24. The second kappa shape index (κ2) is 8.21. The first kappa shape index (κ1) is 18.2. The van der Waals surface area contributed by atoms with Gasteiger partial charge in [-0.25, -0.2) is 10.2 Å². The van der Waals surface area contributed by atoms with E-state index in [0.29, 0.717) is 22.2 Å². The number of anilines is 1. The molecule has 1 heterocycles. The quantitative estimate of drug-likeness (QED) is 0.402. The number of halogens is 2. The van der Waals surface area contributed by atoms with E-state index in [0.717, 1.165) is 15.6 Å². The molecule has 0 fully saturated rings. The third-order valence-electron chi connectivity index (χ3n) is 3.51. The first-order valence-corrected chi connectivity index (χ1v) is 8.90. The van der Waals surface area contributed by atoms with Gasteiger partial charge in [0.2, 0.25) is 0 Å². The van der Waals surface area contributed by atoms with Crippen LogP contribution in [0.25, 0.3) is 11.3 Å². The van der Waals surface area contributed by atoms with E-state index in [-0.39, 0.29) is 0 Å². The van der Waals surface area contributed by atoms with Crippen LogP contribution < -0.4 is 10.7 Å². The molecule has 0 saturated carbocycles. The minimum Gasteiger partial charge on any atom is -0.455 e. The number of carbonyl (C=O) groups excluding carboxylic acids is 1. The standard InChI is InChI=1S/C19H15BrClN3O2/c1-12-9-15(5-7-17(12)20)23-19(25)24-22-11-16-6-8-18(26-16)13-3-2-4-14(21)10-13/h2-11H,1H3,(H2,23,24,25)/b22-11+. The molecule has 0 aliphatic heterocycles. The highest BCUT2D eigenvalue weighted by molar-refractivity contribution is 9.10. The van der Waals surface area contributed by atoms with Crippen LogP contribution in [0.1, 0.15) is 11.3 Å². The molecule has 0 aliphatic rings. The number of nitrogens with one attached hydrogen (secondary N) is 2. The normalized spacial score (nSPS) is 10.9. The largest absolute Gasteiger partial charge is 0.455 e. The van der Waals surface area contributed by atoms with Crippen LogP contribution in [0.2, 0.25) is 5.02 Å². The third-order valence-corrected chi connectivity index (χ3v) is 4.63. The Labute approximate surface area is 164 Å². The van der Waals surface area contributed by atoms with Crippen molar-refractivity contribution in [2.24, 2.45) is 5.10 Å². The average molecular weight is 433 g/mol. The van der Waals surface area contributed by atoms with Crippen LogP contribution in [0.15, 0.2) is 68.6 Å². The van der Waals surface area contributed by atoms with E-state index in [1.807, 2.05) is 43.3 Å². The van der Waals surface area contributed by atoms with Gasteiger partial charge in [0.15, 0.2) is 0 Å². The van der Waals surface area contributed by atoms with Crippen molar-refractivity contribution in [1.29, 1.82) is 0 Å². The molecule has 0 atom stereocenters. The predicted molar refractivity (Wildman–Crippen MR) is 108 cm³/mol. The van der Waals surface area contributed by atoms with E-state index in [1.54, 1.807) is 18.2 Å². The van der Waals surface area contributed by atoms with Crippen molar-refractivity contribution < 1.29 is 9.21 Å². The summed E-state index contributed by atoms with van der Waals surface area (Å²) in [4.78, 5) is 11.9. The number of aryl methyl sites for hydroxylation is 1. The first-order valence-electron chi connectivity index (χ1n) is 7.73. The Bertz CT molecular complexity index is 969. The molecule has 5 nitrogen and oxygen atoms in total. The van der Waals surface area contributed by atoms with Gasteiger partial charge < -0.3 is 9.73 Å². The van der Waals surface area contributed by atoms with Crippen LogP contribution in [-0.2, 0) is 0 Å². The molecule has 0 radical (unpaired) electrons. The summed E-state index contributed by atoms with van der Waals surface area (Å²) < 4.78 is 6.65. The molecule has 2 N–H and O–H groups in total. The van der Waals surface area contributed by atoms with Crippen LogP contribution in [-0.4, -0.2) is 12.2 Å². The summed E-state index contributed by atoms with van der Waals surface area (Å²) in [6.45, 7) is 1.94. The Morgan fingerprint density at radius 1 is 1.19 bits per heavy atom. The summed E-state index contributed by atoms with van der Waals surface area (Å²) in [5.74, 6) is 1.18. The lowest BCUT2D eigenvalue weighted by atomic mass is 10.2. The zero-order chi connectivity index (χ0) is 18.5. The Balaban J connectivity index is 1.58.